The molecule has 136 valence electrons. The maximum Gasteiger partial charge on any atom is 0.0642 e. The van der Waals surface area contributed by atoms with Crippen molar-refractivity contribution < 1.29 is 5.21 Å². The number of nitrogens with one attached hydrogen (secondary N) is 1. The fraction of sp³-hybridized carbons (Fsp3) is 0.208. The van der Waals surface area contributed by atoms with Crippen molar-refractivity contribution in [2.75, 3.05) is 0 Å². The first-order valence-electron chi connectivity index (χ1n) is 9.46. The summed E-state index contributed by atoms with van der Waals surface area (Å²) < 4.78 is 0. The van der Waals surface area contributed by atoms with Crippen molar-refractivity contribution in [3.8, 4) is 0 Å². The van der Waals surface area contributed by atoms with E-state index in [0.717, 1.165) is 12.1 Å². The normalized spacial score (nSPS) is 24.0. The Morgan fingerprint density at radius 1 is 0.778 bits per heavy atom. The third-order valence-corrected chi connectivity index (χ3v) is 5.41. The van der Waals surface area contributed by atoms with Gasteiger partial charge in [0.15, 0.2) is 0 Å². The molecule has 0 bridgehead atoms. The number of benzene rings is 3. The van der Waals surface area contributed by atoms with Gasteiger partial charge in [0.05, 0.1) is 5.71 Å². The van der Waals surface area contributed by atoms with Crippen molar-refractivity contribution in [1.82, 2.24) is 5.32 Å². The average Bonchev–Trinajstić information content (AvgIpc) is 2.76. The summed E-state index contributed by atoms with van der Waals surface area (Å²) in [5.74, 6) is 0.111. The highest BCUT2D eigenvalue weighted by molar-refractivity contribution is 5.89. The van der Waals surface area contributed by atoms with Crippen LogP contribution in [0.1, 0.15) is 35.2 Å². The molecule has 1 fully saturated rings. The molecule has 3 aromatic rings. The van der Waals surface area contributed by atoms with Gasteiger partial charge < -0.3 is 10.5 Å². The summed E-state index contributed by atoms with van der Waals surface area (Å²) in [4.78, 5) is 0. The quantitative estimate of drug-likeness (QED) is 0.501. The Bertz CT molecular complexity index is 878. The maximum atomic E-state index is 9.83. The molecule has 0 unspecified atom stereocenters. The van der Waals surface area contributed by atoms with Crippen LogP contribution in [0.15, 0.2) is 96.2 Å². The summed E-state index contributed by atoms with van der Waals surface area (Å²) in [6.07, 6.45) is 1.55. The van der Waals surface area contributed by atoms with Gasteiger partial charge in [-0.2, -0.15) is 0 Å². The molecule has 0 radical (unpaired) electrons. The summed E-state index contributed by atoms with van der Waals surface area (Å²) in [5, 5.41) is 17.4. The van der Waals surface area contributed by atoms with E-state index in [1.807, 2.05) is 18.2 Å². The highest BCUT2D eigenvalue weighted by Crippen LogP contribution is 2.37. The predicted molar refractivity (Wildman–Crippen MR) is 109 cm³/mol. The molecule has 2 N–H and O–H groups in total. The smallest absolute Gasteiger partial charge is 0.0642 e. The lowest BCUT2D eigenvalue weighted by Gasteiger charge is -2.39. The second-order valence-electron chi connectivity index (χ2n) is 7.11. The molecule has 0 aliphatic carbocycles. The monoisotopic (exact) mass is 356 g/mol. The first kappa shape index (κ1) is 17.5. The van der Waals surface area contributed by atoms with Gasteiger partial charge in [-0.3, -0.25) is 0 Å². The zero-order chi connectivity index (χ0) is 18.5. The number of hydrogen-bond donors (Lipinski definition) is 2. The van der Waals surface area contributed by atoms with E-state index < -0.39 is 0 Å². The molecule has 1 aliphatic rings. The van der Waals surface area contributed by atoms with E-state index >= 15 is 0 Å². The molecule has 0 spiro atoms. The molecule has 3 heteroatoms. The largest absolute Gasteiger partial charge is 0.411 e. The van der Waals surface area contributed by atoms with E-state index in [1.165, 1.54) is 16.7 Å². The minimum absolute atomic E-state index is 0.0938. The molecule has 1 aliphatic heterocycles. The zero-order valence-corrected chi connectivity index (χ0v) is 15.2. The second kappa shape index (κ2) is 8.19. The fourth-order valence-electron chi connectivity index (χ4n) is 4.05. The van der Waals surface area contributed by atoms with Gasteiger partial charge in [-0.1, -0.05) is 96.2 Å². The highest BCUT2D eigenvalue weighted by Gasteiger charge is 2.36. The molecule has 0 aromatic heterocycles. The molecular weight excluding hydrogens is 332 g/mol. The van der Waals surface area contributed by atoms with Gasteiger partial charge in [0.2, 0.25) is 0 Å². The minimum atomic E-state index is 0.0938. The van der Waals surface area contributed by atoms with Crippen molar-refractivity contribution >= 4 is 5.71 Å². The van der Waals surface area contributed by atoms with E-state index in [-0.39, 0.29) is 18.0 Å². The number of piperidine rings is 1. The summed E-state index contributed by atoms with van der Waals surface area (Å²) in [5.41, 5.74) is 4.56. The van der Waals surface area contributed by atoms with Crippen LogP contribution in [0.3, 0.4) is 0 Å². The van der Waals surface area contributed by atoms with Crippen molar-refractivity contribution in [1.29, 1.82) is 0 Å². The van der Waals surface area contributed by atoms with Crippen LogP contribution in [0.4, 0.5) is 0 Å². The van der Waals surface area contributed by atoms with Crippen molar-refractivity contribution in [2.24, 2.45) is 11.1 Å². The van der Waals surface area contributed by atoms with E-state index in [4.69, 9.17) is 0 Å². The molecule has 4 rings (SSSR count). The predicted octanol–water partition coefficient (Wildman–Crippen LogP) is 5.15. The van der Waals surface area contributed by atoms with Crippen LogP contribution >= 0.6 is 0 Å². The van der Waals surface area contributed by atoms with Gasteiger partial charge in [0.25, 0.3) is 0 Å². The fourth-order valence-corrected chi connectivity index (χ4v) is 4.05. The molecule has 0 saturated carbocycles. The third-order valence-electron chi connectivity index (χ3n) is 5.41. The number of hydrogen-bond acceptors (Lipinski definition) is 3. The average molecular weight is 356 g/mol. The van der Waals surface area contributed by atoms with Crippen LogP contribution in [0.2, 0.25) is 0 Å². The van der Waals surface area contributed by atoms with Gasteiger partial charge in [0.1, 0.15) is 0 Å². The lowest BCUT2D eigenvalue weighted by Crippen LogP contribution is -2.43. The lowest BCUT2D eigenvalue weighted by atomic mass is 9.77. The van der Waals surface area contributed by atoms with Crippen molar-refractivity contribution in [3.63, 3.8) is 0 Å². The van der Waals surface area contributed by atoms with Gasteiger partial charge in [-0.25, -0.2) is 0 Å². The first-order valence-corrected chi connectivity index (χ1v) is 9.46. The topological polar surface area (TPSA) is 44.6 Å². The van der Waals surface area contributed by atoms with Crippen LogP contribution in [0.25, 0.3) is 0 Å². The van der Waals surface area contributed by atoms with E-state index in [0.29, 0.717) is 6.42 Å². The van der Waals surface area contributed by atoms with Gasteiger partial charge >= 0.3 is 0 Å². The lowest BCUT2D eigenvalue weighted by molar-refractivity contribution is 0.288. The number of nitrogens with zero attached hydrogens (tertiary/aromatic N) is 1. The van der Waals surface area contributed by atoms with Gasteiger partial charge in [-0.05, 0) is 23.1 Å². The number of oxime groups is 1. The Morgan fingerprint density at radius 2 is 1.33 bits per heavy atom. The molecular formula is C24H24N2O. The molecule has 0 amide bonds. The van der Waals surface area contributed by atoms with E-state index in [2.05, 4.69) is 83.3 Å². The molecule has 27 heavy (non-hydrogen) atoms. The first-order chi connectivity index (χ1) is 13.3. The SMILES string of the molecule is O/N=C1/C[C@H](c2ccccc2)N[C@H](c2ccccc2)[C@@H]1Cc1ccccc1. The molecule has 3 nitrogen and oxygen atoms in total. The maximum absolute atomic E-state index is 9.83. The Balaban J connectivity index is 1.70. The summed E-state index contributed by atoms with van der Waals surface area (Å²) in [6, 6.07) is 31.5. The van der Waals surface area contributed by atoms with Crippen LogP contribution in [0.5, 0.6) is 0 Å². The van der Waals surface area contributed by atoms with Crippen LogP contribution in [-0.2, 0) is 6.42 Å². The third kappa shape index (κ3) is 3.93. The van der Waals surface area contributed by atoms with Gasteiger partial charge in [-0.15, -0.1) is 0 Å². The second-order valence-corrected chi connectivity index (χ2v) is 7.11. The van der Waals surface area contributed by atoms with Crippen LogP contribution in [-0.4, -0.2) is 10.9 Å². The Hall–Kier alpha value is -2.91. The van der Waals surface area contributed by atoms with Crippen LogP contribution < -0.4 is 5.32 Å². The zero-order valence-electron chi connectivity index (χ0n) is 15.2. The highest BCUT2D eigenvalue weighted by atomic mass is 16.4. The van der Waals surface area contributed by atoms with Crippen molar-refractivity contribution in [3.05, 3.63) is 108 Å². The number of rotatable bonds is 4. The van der Waals surface area contributed by atoms with E-state index in [9.17, 15) is 5.21 Å². The summed E-state index contributed by atoms with van der Waals surface area (Å²) >= 11 is 0. The molecule has 1 heterocycles. The molecule has 3 aromatic carbocycles. The standard InChI is InChI=1S/C24H24N2O/c27-26-23-17-22(19-12-6-2-7-13-19)25-24(20-14-8-3-9-15-20)21(23)16-18-10-4-1-5-11-18/h1-15,21-22,24-25,27H,16-17H2/b26-23-/t21-,22-,24-/m1/s1. The van der Waals surface area contributed by atoms with Gasteiger partial charge in [0, 0.05) is 24.4 Å². The molecule has 3 atom stereocenters. The Kier molecular flexibility index (Phi) is 5.31. The molecule has 1 saturated heterocycles. The van der Waals surface area contributed by atoms with Crippen molar-refractivity contribution in [2.45, 2.75) is 24.9 Å². The minimum Gasteiger partial charge on any atom is -0.411 e. The summed E-state index contributed by atoms with van der Waals surface area (Å²) in [6.45, 7) is 0. The van der Waals surface area contributed by atoms with Crippen LogP contribution in [0, 0.1) is 5.92 Å². The Labute approximate surface area is 160 Å². The van der Waals surface area contributed by atoms with E-state index in [1.54, 1.807) is 0 Å². The summed E-state index contributed by atoms with van der Waals surface area (Å²) in [7, 11) is 0. The Morgan fingerprint density at radius 3 is 1.93 bits per heavy atom.